The number of aromatic carboxylic acids is 1. The van der Waals surface area contributed by atoms with Gasteiger partial charge >= 0.3 is 18.0 Å². The van der Waals surface area contributed by atoms with Crippen molar-refractivity contribution in [1.82, 2.24) is 29.9 Å². The van der Waals surface area contributed by atoms with Crippen LogP contribution in [-0.2, 0) is 9.53 Å². The molecule has 0 radical (unpaired) electrons. The molecule has 13 nitrogen and oxygen atoms in total. The highest BCUT2D eigenvalue weighted by Gasteiger charge is 2.43. The Balaban J connectivity index is 1.13. The van der Waals surface area contributed by atoms with Crippen LogP contribution in [0.25, 0.3) is 5.69 Å². The standard InChI is InChI=1S/C32H28ClFN8O5S/c1-47-31(45)26-24(36-28(29-35-9-13-48-29)37-27(26)22-7-4-19(34)14-23(22)33)17-39-11-12-40-21(15-39)16-41(32(40)46)25-8-10-42(38-25)20-5-2-18(3-6-20)30(43)44/h2-10,13-14,21,27H,11-12,15-17H2,1H3,(H,36,37)(H,43,44)/t21-,27?/m0/s1. The van der Waals surface area contributed by atoms with E-state index in [2.05, 4.69) is 20.3 Å². The first kappa shape index (κ1) is 31.5. The number of halogens is 2. The number of nitrogens with one attached hydrogen (secondary N) is 1. The molecule has 48 heavy (non-hydrogen) atoms. The van der Waals surface area contributed by atoms with Crippen molar-refractivity contribution < 1.29 is 28.6 Å². The molecule has 3 aliphatic heterocycles. The summed E-state index contributed by atoms with van der Waals surface area (Å²) in [5, 5.41) is 19.6. The van der Waals surface area contributed by atoms with Gasteiger partial charge in [0.25, 0.3) is 0 Å². The number of carbonyl (C=O) groups excluding carboxylic acids is 2. The summed E-state index contributed by atoms with van der Waals surface area (Å²) in [7, 11) is 1.29. The average molecular weight is 691 g/mol. The number of hydrogen-bond acceptors (Lipinski definition) is 10. The molecule has 7 rings (SSSR count). The largest absolute Gasteiger partial charge is 0.478 e. The molecule has 246 valence electrons. The maximum atomic E-state index is 14.0. The van der Waals surface area contributed by atoms with Gasteiger partial charge in [-0.3, -0.25) is 14.8 Å². The molecular formula is C32H28ClFN8O5S. The highest BCUT2D eigenvalue weighted by molar-refractivity contribution is 7.11. The minimum absolute atomic E-state index is 0.128. The van der Waals surface area contributed by atoms with E-state index in [0.717, 1.165) is 0 Å². The number of carbonyl (C=O) groups is 3. The Labute approximate surface area is 282 Å². The number of esters is 1. The Morgan fingerprint density at radius 2 is 1.96 bits per heavy atom. The van der Waals surface area contributed by atoms with Crippen LogP contribution in [0.3, 0.4) is 0 Å². The third kappa shape index (κ3) is 5.91. The van der Waals surface area contributed by atoms with Crippen LogP contribution in [0.5, 0.6) is 0 Å². The quantitative estimate of drug-likeness (QED) is 0.263. The van der Waals surface area contributed by atoms with Gasteiger partial charge in [0.05, 0.1) is 36.5 Å². The zero-order valence-corrected chi connectivity index (χ0v) is 27.0. The normalized spacial score (nSPS) is 19.6. The van der Waals surface area contributed by atoms with Crippen molar-refractivity contribution in [3.8, 4) is 5.69 Å². The number of hydrogen-bond donors (Lipinski definition) is 2. The number of anilines is 1. The van der Waals surface area contributed by atoms with Crippen molar-refractivity contribution in [3.63, 3.8) is 0 Å². The molecule has 2 aromatic carbocycles. The molecule has 0 spiro atoms. The summed E-state index contributed by atoms with van der Waals surface area (Å²) >= 11 is 7.86. The second-order valence-electron chi connectivity index (χ2n) is 11.3. The Kier molecular flexibility index (Phi) is 8.41. The van der Waals surface area contributed by atoms with E-state index in [4.69, 9.17) is 21.3 Å². The van der Waals surface area contributed by atoms with Crippen molar-refractivity contribution in [2.24, 2.45) is 4.99 Å². The molecular weight excluding hydrogens is 663 g/mol. The maximum absolute atomic E-state index is 14.0. The van der Waals surface area contributed by atoms with Gasteiger partial charge in [0.2, 0.25) is 0 Å². The van der Waals surface area contributed by atoms with Gasteiger partial charge in [-0.25, -0.2) is 28.4 Å². The van der Waals surface area contributed by atoms with E-state index in [-0.39, 0.29) is 28.2 Å². The number of aliphatic imine (C=N–C) groups is 1. The molecule has 2 atom stereocenters. The fourth-order valence-corrected chi connectivity index (χ4v) is 7.02. The number of benzene rings is 2. The van der Waals surface area contributed by atoms with E-state index >= 15 is 0 Å². The molecule has 3 aliphatic rings. The Morgan fingerprint density at radius 3 is 2.67 bits per heavy atom. The Bertz CT molecular complexity index is 1960. The lowest BCUT2D eigenvalue weighted by Gasteiger charge is -2.38. The molecule has 0 aliphatic carbocycles. The second-order valence-corrected chi connectivity index (χ2v) is 12.6. The smallest absolute Gasteiger partial charge is 0.338 e. The minimum atomic E-state index is -1.02. The van der Waals surface area contributed by atoms with Crippen LogP contribution in [0.15, 0.2) is 82.6 Å². The van der Waals surface area contributed by atoms with Gasteiger partial charge in [-0.15, -0.1) is 16.4 Å². The van der Waals surface area contributed by atoms with Crippen molar-refractivity contribution in [2.45, 2.75) is 12.1 Å². The molecule has 4 aromatic rings. The van der Waals surface area contributed by atoms with Gasteiger partial charge in [-0.05, 0) is 36.4 Å². The first-order valence-electron chi connectivity index (χ1n) is 14.9. The molecule has 2 fully saturated rings. The summed E-state index contributed by atoms with van der Waals surface area (Å²) in [6.07, 6.45) is 3.38. The number of nitrogens with zero attached hydrogens (tertiary/aromatic N) is 7. The van der Waals surface area contributed by atoms with E-state index < -0.39 is 23.8 Å². The van der Waals surface area contributed by atoms with Crippen molar-refractivity contribution in [2.75, 3.05) is 44.7 Å². The first-order chi connectivity index (χ1) is 23.2. The molecule has 2 saturated heterocycles. The number of carboxylic acids is 1. The minimum Gasteiger partial charge on any atom is -0.478 e. The number of fused-ring (bicyclic) bond motifs is 1. The lowest BCUT2D eigenvalue weighted by molar-refractivity contribution is -0.136. The number of rotatable bonds is 8. The highest BCUT2D eigenvalue weighted by Crippen LogP contribution is 2.37. The summed E-state index contributed by atoms with van der Waals surface area (Å²) in [6, 6.07) is 10.9. The predicted octanol–water partition coefficient (Wildman–Crippen LogP) is 3.96. The van der Waals surface area contributed by atoms with Gasteiger partial charge < -0.3 is 20.1 Å². The fraction of sp³-hybridized carbons (Fsp3) is 0.250. The summed E-state index contributed by atoms with van der Waals surface area (Å²) in [6.45, 7) is 2.22. The summed E-state index contributed by atoms with van der Waals surface area (Å²) in [5.41, 5.74) is 2.08. The van der Waals surface area contributed by atoms with Gasteiger partial charge in [-0.1, -0.05) is 17.7 Å². The number of thiazole rings is 1. The third-order valence-electron chi connectivity index (χ3n) is 8.47. The molecule has 2 N–H and O–H groups in total. The van der Waals surface area contributed by atoms with Gasteiger partial charge in [-0.2, -0.15) is 0 Å². The van der Waals surface area contributed by atoms with Crippen LogP contribution in [0, 0.1) is 5.82 Å². The van der Waals surface area contributed by atoms with Crippen molar-refractivity contribution in [1.29, 1.82) is 0 Å². The number of piperazine rings is 1. The van der Waals surface area contributed by atoms with Gasteiger partial charge in [0, 0.05) is 66.3 Å². The van der Waals surface area contributed by atoms with Crippen molar-refractivity contribution >= 4 is 52.6 Å². The van der Waals surface area contributed by atoms with Crippen LogP contribution >= 0.6 is 22.9 Å². The van der Waals surface area contributed by atoms with E-state index in [1.165, 1.54) is 48.8 Å². The number of amidine groups is 1. The number of urea groups is 1. The molecule has 2 aromatic heterocycles. The van der Waals surface area contributed by atoms with E-state index in [1.54, 1.807) is 40.2 Å². The Hall–Kier alpha value is -5.12. The second kappa shape index (κ2) is 12.8. The fourth-order valence-electron chi connectivity index (χ4n) is 6.16. The summed E-state index contributed by atoms with van der Waals surface area (Å²) < 4.78 is 20.8. The van der Waals surface area contributed by atoms with Crippen molar-refractivity contribution in [3.05, 3.63) is 105 Å². The third-order valence-corrected chi connectivity index (χ3v) is 9.58. The van der Waals surface area contributed by atoms with Crippen LogP contribution in [0.2, 0.25) is 5.02 Å². The molecule has 2 amide bonds. The first-order valence-corrected chi connectivity index (χ1v) is 16.2. The number of methoxy groups -OCH3 is 1. The zero-order chi connectivity index (χ0) is 33.5. The molecule has 16 heteroatoms. The van der Waals surface area contributed by atoms with Crippen LogP contribution in [-0.4, -0.2) is 99.4 Å². The lowest BCUT2D eigenvalue weighted by Crippen LogP contribution is -2.53. The topological polar surface area (TPSA) is 145 Å². The lowest BCUT2D eigenvalue weighted by atomic mass is 9.95. The van der Waals surface area contributed by atoms with E-state index in [0.29, 0.717) is 66.3 Å². The molecule has 5 heterocycles. The highest BCUT2D eigenvalue weighted by atomic mass is 35.5. The van der Waals surface area contributed by atoms with Gasteiger partial charge in [0.15, 0.2) is 16.7 Å². The average Bonchev–Trinajstić information content (AvgIpc) is 3.85. The number of amides is 2. The van der Waals surface area contributed by atoms with Crippen LogP contribution in [0.4, 0.5) is 15.0 Å². The monoisotopic (exact) mass is 690 g/mol. The SMILES string of the molecule is COC(=O)C1=C(CN2CCN3C(=O)N(c4ccn(-c5ccc(C(=O)O)cc5)n4)C[C@@H]3C2)NC(c2nccs2)=NC1c1ccc(F)cc1Cl. The van der Waals surface area contributed by atoms with Gasteiger partial charge in [0.1, 0.15) is 11.9 Å². The number of ether oxygens (including phenoxy) is 1. The predicted molar refractivity (Wildman–Crippen MR) is 175 cm³/mol. The molecule has 0 saturated carbocycles. The maximum Gasteiger partial charge on any atom is 0.338 e. The number of carboxylic acid groups (broad SMARTS) is 1. The molecule has 1 unspecified atom stereocenters. The van der Waals surface area contributed by atoms with Crippen LogP contribution < -0.4 is 10.2 Å². The summed E-state index contributed by atoms with van der Waals surface area (Å²) in [5.74, 6) is -1.19. The summed E-state index contributed by atoms with van der Waals surface area (Å²) in [4.78, 5) is 52.8. The number of aromatic nitrogens is 3. The zero-order valence-electron chi connectivity index (χ0n) is 25.4. The molecule has 0 bridgehead atoms. The van der Waals surface area contributed by atoms with E-state index in [9.17, 15) is 23.9 Å². The Morgan fingerprint density at radius 1 is 1.15 bits per heavy atom. The van der Waals surface area contributed by atoms with E-state index in [1.807, 2.05) is 10.3 Å². The van der Waals surface area contributed by atoms with Crippen LogP contribution in [0.1, 0.15) is 27.0 Å².